The Bertz CT molecular complexity index is 721. The lowest BCUT2D eigenvalue weighted by atomic mass is 9.97. The van der Waals surface area contributed by atoms with Gasteiger partial charge in [-0.05, 0) is 0 Å². The molecule has 0 aromatic rings. The number of ether oxygens (including phenoxy) is 7. The molecule has 14 nitrogen and oxygen atoms in total. The first kappa shape index (κ1) is 25.6. The third-order valence-electron chi connectivity index (χ3n) is 3.55. The molecule has 174 valence electrons. The van der Waals surface area contributed by atoms with E-state index in [1.807, 2.05) is 0 Å². The smallest absolute Gasteiger partial charge is 0.412 e. The predicted molar refractivity (Wildman–Crippen MR) is 93.6 cm³/mol. The standard InChI is InChI=1S/C17H23NO13/c1-7(19)26-6-18-17(24)31-16-14(29-10(4)22)12(28-9(3)21)11(27-8(2)20)13(30-16)15(23)25-5/h11-14,16H,6H2,1-5H3,(H,18,24)/t11-,12-,13-,14+,16-/m0/s1. The number of alkyl carbamates (subject to hydrolysis) is 1. The van der Waals surface area contributed by atoms with E-state index in [1.54, 1.807) is 0 Å². The number of amides is 1. The lowest BCUT2D eigenvalue weighted by Gasteiger charge is -2.42. The third-order valence-corrected chi connectivity index (χ3v) is 3.55. The maximum absolute atomic E-state index is 12.2. The van der Waals surface area contributed by atoms with Crippen molar-refractivity contribution in [2.75, 3.05) is 13.8 Å². The normalized spacial score (nSPS) is 24.7. The van der Waals surface area contributed by atoms with Crippen LogP contribution in [0.1, 0.15) is 27.7 Å². The van der Waals surface area contributed by atoms with Crippen molar-refractivity contribution < 1.29 is 61.9 Å². The summed E-state index contributed by atoms with van der Waals surface area (Å²) in [5, 5.41) is 2.06. The molecular formula is C17H23NO13. The molecule has 1 N–H and O–H groups in total. The Morgan fingerprint density at radius 2 is 1.26 bits per heavy atom. The monoisotopic (exact) mass is 449 g/mol. The summed E-state index contributed by atoms with van der Waals surface area (Å²) < 4.78 is 34.7. The van der Waals surface area contributed by atoms with Gasteiger partial charge in [-0.2, -0.15) is 0 Å². The predicted octanol–water partition coefficient (Wildman–Crippen LogP) is -1.07. The number of hydrogen-bond donors (Lipinski definition) is 1. The van der Waals surface area contributed by atoms with Gasteiger partial charge < -0.3 is 33.2 Å². The lowest BCUT2D eigenvalue weighted by molar-refractivity contribution is -0.288. The zero-order valence-electron chi connectivity index (χ0n) is 17.4. The Morgan fingerprint density at radius 3 is 1.74 bits per heavy atom. The van der Waals surface area contributed by atoms with Crippen LogP contribution in [0.4, 0.5) is 4.79 Å². The molecule has 1 rings (SSSR count). The van der Waals surface area contributed by atoms with Gasteiger partial charge in [0, 0.05) is 27.7 Å². The molecule has 0 saturated carbocycles. The van der Waals surface area contributed by atoms with Crippen LogP contribution in [0, 0.1) is 0 Å². The maximum Gasteiger partial charge on any atom is 0.412 e. The molecule has 31 heavy (non-hydrogen) atoms. The van der Waals surface area contributed by atoms with Gasteiger partial charge in [-0.3, -0.25) is 24.5 Å². The number of hydrogen-bond acceptors (Lipinski definition) is 13. The van der Waals surface area contributed by atoms with Crippen molar-refractivity contribution in [2.45, 2.75) is 58.4 Å². The minimum absolute atomic E-state index is 0.553. The van der Waals surface area contributed by atoms with Crippen molar-refractivity contribution in [1.29, 1.82) is 0 Å². The Hall–Kier alpha value is -3.42. The van der Waals surface area contributed by atoms with Crippen LogP contribution < -0.4 is 5.32 Å². The van der Waals surface area contributed by atoms with Crippen LogP contribution in [0.25, 0.3) is 0 Å². The van der Waals surface area contributed by atoms with Gasteiger partial charge in [-0.25, -0.2) is 9.59 Å². The SMILES string of the molecule is COC(=O)[C@H]1O[C@@H](OC(=O)NCOC(C)=O)[C@H](OC(C)=O)[C@@H](OC(C)=O)[C@@H]1OC(C)=O. The van der Waals surface area contributed by atoms with Crippen molar-refractivity contribution in [3.63, 3.8) is 0 Å². The summed E-state index contributed by atoms with van der Waals surface area (Å²) in [6.07, 6.45) is -9.54. The molecule has 0 radical (unpaired) electrons. The molecule has 0 bridgehead atoms. The zero-order chi connectivity index (χ0) is 23.7. The Labute approximate surface area is 176 Å². The summed E-state index contributed by atoms with van der Waals surface area (Å²) in [5.74, 6) is -4.39. The number of nitrogens with one attached hydrogen (secondary N) is 1. The van der Waals surface area contributed by atoms with E-state index >= 15 is 0 Å². The molecular weight excluding hydrogens is 426 g/mol. The molecule has 14 heteroatoms. The van der Waals surface area contributed by atoms with E-state index in [1.165, 1.54) is 0 Å². The van der Waals surface area contributed by atoms with E-state index in [0.29, 0.717) is 0 Å². The van der Waals surface area contributed by atoms with Crippen LogP contribution in [0.3, 0.4) is 0 Å². The summed E-state index contributed by atoms with van der Waals surface area (Å²) in [6, 6.07) is 0. The highest BCUT2D eigenvalue weighted by Gasteiger charge is 2.56. The fraction of sp³-hybridized carbons (Fsp3) is 0.647. The van der Waals surface area contributed by atoms with Gasteiger partial charge in [0.25, 0.3) is 0 Å². The van der Waals surface area contributed by atoms with Gasteiger partial charge >= 0.3 is 35.9 Å². The molecule has 0 spiro atoms. The van der Waals surface area contributed by atoms with Gasteiger partial charge in [-0.1, -0.05) is 0 Å². The van der Waals surface area contributed by atoms with E-state index in [0.717, 1.165) is 34.8 Å². The van der Waals surface area contributed by atoms with E-state index in [4.69, 9.17) is 23.7 Å². The van der Waals surface area contributed by atoms with Crippen LogP contribution in [-0.4, -0.2) is 80.5 Å². The molecule has 1 aliphatic rings. The molecule has 1 aliphatic heterocycles. The number of carbonyl (C=O) groups is 6. The summed E-state index contributed by atoms with van der Waals surface area (Å²) in [5.41, 5.74) is 0. The molecule has 1 saturated heterocycles. The first-order valence-electron chi connectivity index (χ1n) is 8.79. The van der Waals surface area contributed by atoms with Gasteiger partial charge in [0.1, 0.15) is 0 Å². The largest absolute Gasteiger partial charge is 0.467 e. The second kappa shape index (κ2) is 11.7. The first-order valence-corrected chi connectivity index (χ1v) is 8.79. The molecule has 1 heterocycles. The minimum atomic E-state index is -1.80. The third kappa shape index (κ3) is 8.08. The molecule has 0 aromatic heterocycles. The summed E-state index contributed by atoms with van der Waals surface area (Å²) in [4.78, 5) is 69.7. The van der Waals surface area contributed by atoms with Gasteiger partial charge in [0.15, 0.2) is 25.0 Å². The van der Waals surface area contributed by atoms with Crippen molar-refractivity contribution in [3.8, 4) is 0 Å². The fourth-order valence-corrected chi connectivity index (χ4v) is 2.52. The maximum atomic E-state index is 12.2. The van der Waals surface area contributed by atoms with E-state index < -0.39 is 73.4 Å². The number of methoxy groups -OCH3 is 1. The highest BCUT2D eigenvalue weighted by molar-refractivity contribution is 5.77. The number of esters is 5. The Kier molecular flexibility index (Phi) is 9.66. The Balaban J connectivity index is 3.25. The average molecular weight is 449 g/mol. The van der Waals surface area contributed by atoms with Crippen LogP contribution in [0.2, 0.25) is 0 Å². The van der Waals surface area contributed by atoms with Gasteiger partial charge in [0.2, 0.25) is 12.4 Å². The van der Waals surface area contributed by atoms with Crippen molar-refractivity contribution in [1.82, 2.24) is 5.32 Å². The summed E-state index contributed by atoms with van der Waals surface area (Å²) in [6.45, 7) is 3.59. The van der Waals surface area contributed by atoms with Crippen LogP contribution in [0.5, 0.6) is 0 Å². The molecule has 1 amide bonds. The number of carbonyl (C=O) groups excluding carboxylic acids is 6. The first-order chi connectivity index (χ1) is 14.5. The minimum Gasteiger partial charge on any atom is -0.467 e. The average Bonchev–Trinajstić information content (AvgIpc) is 2.64. The van der Waals surface area contributed by atoms with Gasteiger partial charge in [0.05, 0.1) is 7.11 Å². The van der Waals surface area contributed by atoms with Crippen LogP contribution in [-0.2, 0) is 57.1 Å². The molecule has 0 unspecified atom stereocenters. The highest BCUT2D eigenvalue weighted by Crippen LogP contribution is 2.30. The molecule has 0 aliphatic carbocycles. The van der Waals surface area contributed by atoms with Crippen molar-refractivity contribution in [3.05, 3.63) is 0 Å². The quantitative estimate of drug-likeness (QED) is 0.282. The van der Waals surface area contributed by atoms with E-state index in [9.17, 15) is 28.8 Å². The van der Waals surface area contributed by atoms with Crippen molar-refractivity contribution in [2.24, 2.45) is 0 Å². The summed E-state index contributed by atoms with van der Waals surface area (Å²) in [7, 11) is 1.01. The second-order valence-electron chi connectivity index (χ2n) is 6.03. The fourth-order valence-electron chi connectivity index (χ4n) is 2.52. The topological polar surface area (TPSA) is 179 Å². The van der Waals surface area contributed by atoms with Gasteiger partial charge in [-0.15, -0.1) is 0 Å². The Morgan fingerprint density at radius 1 is 0.742 bits per heavy atom. The lowest BCUT2D eigenvalue weighted by Crippen LogP contribution is -2.64. The highest BCUT2D eigenvalue weighted by atomic mass is 16.8. The molecule has 0 aromatic carbocycles. The van der Waals surface area contributed by atoms with Crippen molar-refractivity contribution >= 4 is 35.9 Å². The molecule has 5 atom stereocenters. The second-order valence-corrected chi connectivity index (χ2v) is 6.03. The van der Waals surface area contributed by atoms with Crippen LogP contribution >= 0.6 is 0 Å². The van der Waals surface area contributed by atoms with E-state index in [2.05, 4.69) is 14.8 Å². The number of rotatable bonds is 7. The molecule has 1 fully saturated rings. The zero-order valence-corrected chi connectivity index (χ0v) is 17.4. The van der Waals surface area contributed by atoms with E-state index in [-0.39, 0.29) is 0 Å². The summed E-state index contributed by atoms with van der Waals surface area (Å²) >= 11 is 0. The van der Waals surface area contributed by atoms with Crippen LogP contribution in [0.15, 0.2) is 0 Å².